The van der Waals surface area contributed by atoms with Gasteiger partial charge >= 0.3 is 11.4 Å². The number of benzene rings is 3. The molecule has 2 aliphatic rings. The van der Waals surface area contributed by atoms with Crippen LogP contribution >= 0.6 is 8.53 Å². The first-order valence-electron chi connectivity index (χ1n) is 23.7. The van der Waals surface area contributed by atoms with Crippen LogP contribution in [-0.4, -0.2) is 112 Å². The van der Waals surface area contributed by atoms with E-state index in [0.29, 0.717) is 22.6 Å². The molecule has 21 heteroatoms. The van der Waals surface area contributed by atoms with Crippen molar-refractivity contribution in [3.63, 3.8) is 0 Å². The lowest BCUT2D eigenvalue weighted by molar-refractivity contribution is -0.105. The van der Waals surface area contributed by atoms with E-state index in [4.69, 9.17) is 37.7 Å². The number of hydrogen-bond donors (Lipinski definition) is 3. The molecule has 0 radical (unpaired) electrons. The van der Waals surface area contributed by atoms with Crippen molar-refractivity contribution in [1.29, 1.82) is 5.26 Å². The molecular weight excluding hydrogens is 955 g/mol. The molecule has 2 unspecified atom stereocenters. The Bertz CT molecular complexity index is 2770. The Kier molecular flexibility index (Phi) is 18.2. The average Bonchev–Trinajstić information content (AvgIpc) is 3.89. The zero-order valence-electron chi connectivity index (χ0n) is 41.2. The smallest absolute Gasteiger partial charge is 0.330 e. The summed E-state index contributed by atoms with van der Waals surface area (Å²) in [4.78, 5) is 66.0. The Labute approximate surface area is 416 Å². The predicted molar refractivity (Wildman–Crippen MR) is 263 cm³/mol. The highest BCUT2D eigenvalue weighted by Crippen LogP contribution is 2.46. The molecule has 2 aliphatic heterocycles. The number of nitriles is 1. The molecular formula is C51H62FN6O13P. The molecule has 0 saturated carbocycles. The predicted octanol–water partition coefficient (Wildman–Crippen LogP) is 5.54. The first-order valence-corrected chi connectivity index (χ1v) is 24.8. The molecule has 0 bridgehead atoms. The Hall–Kier alpha value is -5.85. The fourth-order valence-corrected chi connectivity index (χ4v) is 10.9. The Morgan fingerprint density at radius 2 is 1.29 bits per heavy atom. The molecule has 3 N–H and O–H groups in total. The number of methoxy groups -OCH3 is 3. The lowest BCUT2D eigenvalue weighted by atomic mass is 9.80. The molecule has 0 amide bonds. The van der Waals surface area contributed by atoms with Crippen LogP contribution in [-0.2, 0) is 33.8 Å². The Morgan fingerprint density at radius 1 is 0.764 bits per heavy atom. The van der Waals surface area contributed by atoms with E-state index in [0.717, 1.165) is 22.4 Å². The van der Waals surface area contributed by atoms with Crippen LogP contribution in [0.1, 0.15) is 69.7 Å². The van der Waals surface area contributed by atoms with Gasteiger partial charge in [-0.1, -0.05) is 54.6 Å². The maximum atomic E-state index is 17.1. The highest BCUT2D eigenvalue weighted by Gasteiger charge is 2.52. The molecule has 2 fully saturated rings. The third-order valence-electron chi connectivity index (χ3n) is 13.0. The van der Waals surface area contributed by atoms with E-state index in [2.05, 4.69) is 16.0 Å². The summed E-state index contributed by atoms with van der Waals surface area (Å²) < 4.78 is 70.4. The SMILES string of the molecule is COc1ccc(C(OC[C@H]2O[C@@H](n3ccc(=O)[nH]c3=O)[C@H](F)[C@@H]2OCCC[C@H]2O[C@@H](n3ccc(=O)[nH]c3=O)[C@H](OC)[C@@H]2C(C#N)COP(O)N(C(C)C)C(C)C)(c2ccccc2)c2ccc(OC)cc2)cc1. The van der Waals surface area contributed by atoms with Crippen molar-refractivity contribution >= 4 is 8.53 Å². The van der Waals surface area contributed by atoms with Crippen molar-refractivity contribution in [2.24, 2.45) is 11.8 Å². The molecule has 0 aliphatic carbocycles. The summed E-state index contributed by atoms with van der Waals surface area (Å²) in [5.74, 6) is -0.426. The van der Waals surface area contributed by atoms with Crippen LogP contribution in [0.15, 0.2) is 123 Å². The van der Waals surface area contributed by atoms with Crippen LogP contribution < -0.4 is 32.0 Å². The zero-order valence-corrected chi connectivity index (χ0v) is 42.1. The summed E-state index contributed by atoms with van der Waals surface area (Å²) in [6.45, 7) is 7.16. The Morgan fingerprint density at radius 3 is 1.79 bits per heavy atom. The van der Waals surface area contributed by atoms with Crippen LogP contribution in [0.4, 0.5) is 4.39 Å². The van der Waals surface area contributed by atoms with Crippen LogP contribution in [0.3, 0.4) is 0 Å². The zero-order chi connectivity index (χ0) is 51.7. The Balaban J connectivity index is 1.18. The standard InChI is InChI=1S/C51H62FN6O13P/c1-31(2)58(32(3)4)72(63)69-29-33(28-53)43-39(70-48(46(43)66-7)57-26-24-42(60)55-50(57)62)14-11-27-67-45-40(71-47(44(45)52)56-25-23-41(59)54-49(56)61)30-68-51(34-12-9-8-10-13-34,35-15-19-37(64-5)20-16-35)36-17-21-38(65-6)22-18-36/h8-10,12-13,15-26,31-33,39-40,43-48,63H,11,14,27,29-30H2,1-7H3,(H,54,59,61)(H,55,60,62)/t33?,39-,40-,43-,44-,45-,46-,47-,48-,72?/m1/s1. The van der Waals surface area contributed by atoms with Crippen molar-refractivity contribution < 1.29 is 47.0 Å². The van der Waals surface area contributed by atoms with E-state index in [-0.39, 0.29) is 44.7 Å². The lowest BCUT2D eigenvalue weighted by Crippen LogP contribution is -2.40. The molecule has 2 aromatic heterocycles. The highest BCUT2D eigenvalue weighted by atomic mass is 31.2. The maximum Gasteiger partial charge on any atom is 0.330 e. The van der Waals surface area contributed by atoms with Crippen molar-refractivity contribution in [1.82, 2.24) is 23.8 Å². The molecule has 10 atom stereocenters. The fraction of sp³-hybridized carbons (Fsp3) is 0.471. The minimum atomic E-state index is -2.10. The van der Waals surface area contributed by atoms with Gasteiger partial charge in [0.05, 0.1) is 45.5 Å². The molecule has 0 spiro atoms. The van der Waals surface area contributed by atoms with Crippen LogP contribution in [0, 0.1) is 23.2 Å². The summed E-state index contributed by atoms with van der Waals surface area (Å²) in [6, 6.07) is 28.7. The minimum absolute atomic E-state index is 0.0610. The summed E-state index contributed by atoms with van der Waals surface area (Å²) >= 11 is 0. The van der Waals surface area contributed by atoms with Gasteiger partial charge < -0.3 is 42.6 Å². The molecule has 72 heavy (non-hydrogen) atoms. The number of rotatable bonds is 23. The summed E-state index contributed by atoms with van der Waals surface area (Å²) in [5.41, 5.74) is -2.10. The number of halogens is 1. The van der Waals surface area contributed by atoms with E-state index in [1.165, 1.54) is 23.9 Å². The van der Waals surface area contributed by atoms with Crippen molar-refractivity contribution in [2.75, 3.05) is 41.2 Å². The second kappa shape index (κ2) is 24.2. The molecule has 386 valence electrons. The number of nitrogens with one attached hydrogen (secondary N) is 2. The van der Waals surface area contributed by atoms with Gasteiger partial charge in [0.1, 0.15) is 35.4 Å². The van der Waals surface area contributed by atoms with Gasteiger partial charge in [-0.3, -0.25) is 28.7 Å². The first-order chi connectivity index (χ1) is 34.6. The number of aromatic nitrogens is 4. The van der Waals surface area contributed by atoms with Crippen LogP contribution in [0.5, 0.6) is 11.5 Å². The molecule has 2 saturated heterocycles. The molecule has 7 rings (SSSR count). The minimum Gasteiger partial charge on any atom is -0.497 e. The summed E-state index contributed by atoms with van der Waals surface area (Å²) in [5, 5.41) is 10.6. The third kappa shape index (κ3) is 11.7. The molecule has 4 heterocycles. The van der Waals surface area contributed by atoms with Crippen LogP contribution in [0.2, 0.25) is 0 Å². The molecule has 3 aromatic carbocycles. The van der Waals surface area contributed by atoms with Gasteiger partial charge in [-0.15, -0.1) is 0 Å². The normalized spacial score (nSPS) is 23.1. The second-order valence-corrected chi connectivity index (χ2v) is 19.3. The third-order valence-corrected chi connectivity index (χ3v) is 14.7. The van der Waals surface area contributed by atoms with Gasteiger partial charge in [-0.2, -0.15) is 5.26 Å². The number of aromatic amines is 2. The lowest BCUT2D eigenvalue weighted by Gasteiger charge is -2.37. The summed E-state index contributed by atoms with van der Waals surface area (Å²) in [6.07, 6.45) is -5.84. The summed E-state index contributed by atoms with van der Waals surface area (Å²) in [7, 11) is 2.46. The monoisotopic (exact) mass is 1020 g/mol. The average molecular weight is 1020 g/mol. The van der Waals surface area contributed by atoms with Crippen molar-refractivity contribution in [2.45, 2.75) is 101 Å². The number of ether oxygens (including phenoxy) is 7. The maximum absolute atomic E-state index is 17.1. The number of hydrogen-bond acceptors (Lipinski definition) is 15. The van der Waals surface area contributed by atoms with Gasteiger partial charge in [0, 0.05) is 56.2 Å². The van der Waals surface area contributed by atoms with Gasteiger partial charge in [0.15, 0.2) is 18.6 Å². The van der Waals surface area contributed by atoms with E-state index in [1.54, 1.807) is 18.9 Å². The second-order valence-electron chi connectivity index (χ2n) is 18.0. The largest absolute Gasteiger partial charge is 0.497 e. The van der Waals surface area contributed by atoms with Gasteiger partial charge in [0.25, 0.3) is 19.6 Å². The highest BCUT2D eigenvalue weighted by molar-refractivity contribution is 7.43. The topological polar surface area (TPSA) is 231 Å². The molecule has 19 nitrogen and oxygen atoms in total. The van der Waals surface area contributed by atoms with E-state index < -0.39 is 91.5 Å². The number of nitrogens with zero attached hydrogens (tertiary/aromatic N) is 4. The number of alkyl halides is 1. The van der Waals surface area contributed by atoms with Gasteiger partial charge in [-0.25, -0.2) is 18.6 Å². The van der Waals surface area contributed by atoms with E-state index >= 15 is 4.39 Å². The molecule has 5 aromatic rings. The quantitative estimate of drug-likeness (QED) is 0.0415. The van der Waals surface area contributed by atoms with Crippen molar-refractivity contribution in [3.8, 4) is 17.6 Å². The van der Waals surface area contributed by atoms with E-state index in [9.17, 15) is 29.3 Å². The van der Waals surface area contributed by atoms with Gasteiger partial charge in [-0.05, 0) is 81.5 Å². The fourth-order valence-electron chi connectivity index (χ4n) is 9.73. The first kappa shape index (κ1) is 53.9. The van der Waals surface area contributed by atoms with Crippen molar-refractivity contribution in [3.05, 3.63) is 162 Å². The van der Waals surface area contributed by atoms with Crippen LogP contribution in [0.25, 0.3) is 0 Å². The van der Waals surface area contributed by atoms with Gasteiger partial charge in [0.2, 0.25) is 0 Å². The van der Waals surface area contributed by atoms with E-state index in [1.807, 2.05) is 107 Å². The number of H-pyrrole nitrogens is 2.